The van der Waals surface area contributed by atoms with Crippen LogP contribution in [0.5, 0.6) is 0 Å². The molecule has 0 atom stereocenters. The summed E-state index contributed by atoms with van der Waals surface area (Å²) in [5.74, 6) is -0.0774. The number of halogens is 1. The molecule has 0 radical (unpaired) electrons. The van der Waals surface area contributed by atoms with Crippen molar-refractivity contribution in [3.8, 4) is 0 Å². The zero-order valence-electron chi connectivity index (χ0n) is 11.7. The van der Waals surface area contributed by atoms with Crippen LogP contribution in [-0.4, -0.2) is 37.0 Å². The lowest BCUT2D eigenvalue weighted by molar-refractivity contribution is 0.0951. The van der Waals surface area contributed by atoms with E-state index in [-0.39, 0.29) is 5.91 Å². The van der Waals surface area contributed by atoms with E-state index >= 15 is 0 Å². The maximum absolute atomic E-state index is 11.9. The van der Waals surface area contributed by atoms with E-state index in [9.17, 15) is 4.79 Å². The molecule has 19 heavy (non-hydrogen) atoms. The zero-order valence-corrected chi connectivity index (χ0v) is 13.3. The monoisotopic (exact) mass is 327 g/mol. The number of nitrogen functional groups attached to an aromatic ring is 1. The number of nitrogens with two attached hydrogens (primary N) is 1. The van der Waals surface area contributed by atoms with E-state index in [1.807, 2.05) is 0 Å². The third-order valence-electron chi connectivity index (χ3n) is 3.11. The van der Waals surface area contributed by atoms with Gasteiger partial charge in [0, 0.05) is 28.3 Å². The van der Waals surface area contributed by atoms with Crippen LogP contribution in [-0.2, 0) is 0 Å². The van der Waals surface area contributed by atoms with Gasteiger partial charge in [-0.25, -0.2) is 0 Å². The Kier molecular flexibility index (Phi) is 6.31. The van der Waals surface area contributed by atoms with Gasteiger partial charge in [-0.05, 0) is 68.0 Å². The van der Waals surface area contributed by atoms with Crippen molar-refractivity contribution in [2.75, 3.05) is 25.9 Å². The van der Waals surface area contributed by atoms with E-state index in [0.717, 1.165) is 17.4 Å². The molecule has 5 heteroatoms. The van der Waals surface area contributed by atoms with E-state index in [4.69, 9.17) is 5.73 Å². The maximum atomic E-state index is 11.9. The second-order valence-electron chi connectivity index (χ2n) is 4.92. The van der Waals surface area contributed by atoms with Crippen molar-refractivity contribution in [2.45, 2.75) is 26.3 Å². The molecule has 0 fully saturated rings. The highest BCUT2D eigenvalue weighted by molar-refractivity contribution is 9.10. The van der Waals surface area contributed by atoms with Crippen molar-refractivity contribution in [3.63, 3.8) is 0 Å². The number of nitrogens with zero attached hydrogens (tertiary/aromatic N) is 1. The number of nitrogens with one attached hydrogen (secondary N) is 1. The van der Waals surface area contributed by atoms with Crippen LogP contribution in [0.1, 0.15) is 30.6 Å². The Morgan fingerprint density at radius 1 is 1.47 bits per heavy atom. The van der Waals surface area contributed by atoms with E-state index in [1.54, 1.807) is 18.2 Å². The number of rotatable bonds is 6. The predicted molar refractivity (Wildman–Crippen MR) is 83.3 cm³/mol. The SMILES string of the molecule is CC(C)N(C)CCCNC(=O)c1ccc(Br)c(N)c1. The lowest BCUT2D eigenvalue weighted by Gasteiger charge is -2.20. The molecular formula is C14H22BrN3O. The molecule has 0 aromatic heterocycles. The van der Waals surface area contributed by atoms with Gasteiger partial charge in [-0.3, -0.25) is 4.79 Å². The van der Waals surface area contributed by atoms with E-state index in [1.165, 1.54) is 0 Å². The second-order valence-corrected chi connectivity index (χ2v) is 5.77. The maximum Gasteiger partial charge on any atom is 0.251 e. The molecule has 0 unspecified atom stereocenters. The van der Waals surface area contributed by atoms with Gasteiger partial charge >= 0.3 is 0 Å². The van der Waals surface area contributed by atoms with Crippen LogP contribution in [0.4, 0.5) is 5.69 Å². The Morgan fingerprint density at radius 3 is 2.74 bits per heavy atom. The highest BCUT2D eigenvalue weighted by Gasteiger charge is 2.07. The number of benzene rings is 1. The number of amides is 1. The van der Waals surface area contributed by atoms with Crippen LogP contribution in [0.25, 0.3) is 0 Å². The molecule has 1 amide bonds. The fraction of sp³-hybridized carbons (Fsp3) is 0.500. The molecule has 0 aliphatic carbocycles. The molecule has 1 aromatic rings. The van der Waals surface area contributed by atoms with Crippen LogP contribution >= 0.6 is 15.9 Å². The van der Waals surface area contributed by atoms with Gasteiger partial charge in [0.2, 0.25) is 0 Å². The van der Waals surface area contributed by atoms with Crippen molar-refractivity contribution in [3.05, 3.63) is 28.2 Å². The Labute approximate surface area is 123 Å². The first-order chi connectivity index (χ1) is 8.91. The van der Waals surface area contributed by atoms with E-state index in [2.05, 4.69) is 47.0 Å². The molecule has 0 aliphatic heterocycles. The van der Waals surface area contributed by atoms with Crippen molar-refractivity contribution in [1.29, 1.82) is 0 Å². The highest BCUT2D eigenvalue weighted by Crippen LogP contribution is 2.20. The summed E-state index contributed by atoms with van der Waals surface area (Å²) in [5, 5.41) is 2.90. The minimum Gasteiger partial charge on any atom is -0.398 e. The molecular weight excluding hydrogens is 306 g/mol. The van der Waals surface area contributed by atoms with Gasteiger partial charge in [0.1, 0.15) is 0 Å². The standard InChI is InChI=1S/C14H22BrN3O/c1-10(2)18(3)8-4-7-17-14(19)11-5-6-12(15)13(16)9-11/h5-6,9-10H,4,7-8,16H2,1-3H3,(H,17,19). The van der Waals surface area contributed by atoms with Crippen molar-refractivity contribution in [1.82, 2.24) is 10.2 Å². The molecule has 4 nitrogen and oxygen atoms in total. The molecule has 106 valence electrons. The summed E-state index contributed by atoms with van der Waals surface area (Å²) >= 11 is 3.31. The number of carbonyl (C=O) groups is 1. The average molecular weight is 328 g/mol. The third kappa shape index (κ3) is 5.20. The molecule has 0 bridgehead atoms. The Bertz CT molecular complexity index is 435. The van der Waals surface area contributed by atoms with Crippen LogP contribution in [0.3, 0.4) is 0 Å². The minimum atomic E-state index is -0.0774. The van der Waals surface area contributed by atoms with Crippen LogP contribution in [0.2, 0.25) is 0 Å². The predicted octanol–water partition coefficient (Wildman–Crippen LogP) is 2.49. The summed E-state index contributed by atoms with van der Waals surface area (Å²) < 4.78 is 0.808. The normalized spacial score (nSPS) is 11.1. The lowest BCUT2D eigenvalue weighted by Crippen LogP contribution is -2.31. The van der Waals surface area contributed by atoms with Gasteiger partial charge in [0.15, 0.2) is 0 Å². The van der Waals surface area contributed by atoms with Crippen molar-refractivity contribution < 1.29 is 4.79 Å². The first-order valence-corrected chi connectivity index (χ1v) is 7.24. The summed E-state index contributed by atoms with van der Waals surface area (Å²) in [4.78, 5) is 14.1. The molecule has 0 heterocycles. The fourth-order valence-electron chi connectivity index (χ4n) is 1.58. The average Bonchev–Trinajstić information content (AvgIpc) is 2.37. The molecule has 1 aromatic carbocycles. The summed E-state index contributed by atoms with van der Waals surface area (Å²) in [6, 6.07) is 5.76. The van der Waals surface area contributed by atoms with Gasteiger partial charge in [-0.1, -0.05) is 0 Å². The van der Waals surface area contributed by atoms with Crippen LogP contribution in [0.15, 0.2) is 22.7 Å². The number of hydrogen-bond donors (Lipinski definition) is 2. The van der Waals surface area contributed by atoms with Crippen molar-refractivity contribution >= 4 is 27.5 Å². The Hall–Kier alpha value is -1.07. The first kappa shape index (κ1) is 16.0. The van der Waals surface area contributed by atoms with E-state index in [0.29, 0.717) is 23.8 Å². The summed E-state index contributed by atoms with van der Waals surface area (Å²) in [6.45, 7) is 5.96. The molecule has 1 rings (SSSR count). The Morgan fingerprint density at radius 2 is 2.16 bits per heavy atom. The molecule has 0 aliphatic rings. The topological polar surface area (TPSA) is 58.4 Å². The minimum absolute atomic E-state index is 0.0774. The Balaban J connectivity index is 2.37. The smallest absolute Gasteiger partial charge is 0.251 e. The van der Waals surface area contributed by atoms with Gasteiger partial charge in [0.05, 0.1) is 0 Å². The molecule has 3 N–H and O–H groups in total. The van der Waals surface area contributed by atoms with Gasteiger partial charge < -0.3 is 16.0 Å². The quantitative estimate of drug-likeness (QED) is 0.623. The second kappa shape index (κ2) is 7.50. The highest BCUT2D eigenvalue weighted by atomic mass is 79.9. The molecule has 0 saturated heterocycles. The third-order valence-corrected chi connectivity index (χ3v) is 3.84. The number of anilines is 1. The molecule has 0 spiro atoms. The molecule has 0 saturated carbocycles. The van der Waals surface area contributed by atoms with Gasteiger partial charge in [-0.2, -0.15) is 0 Å². The summed E-state index contributed by atoms with van der Waals surface area (Å²) in [5.41, 5.74) is 6.92. The van der Waals surface area contributed by atoms with Crippen molar-refractivity contribution in [2.24, 2.45) is 0 Å². The fourth-order valence-corrected chi connectivity index (χ4v) is 1.82. The largest absolute Gasteiger partial charge is 0.398 e. The lowest BCUT2D eigenvalue weighted by atomic mass is 10.2. The van der Waals surface area contributed by atoms with Gasteiger partial charge in [0.25, 0.3) is 5.91 Å². The van der Waals surface area contributed by atoms with Crippen LogP contribution < -0.4 is 11.1 Å². The number of hydrogen-bond acceptors (Lipinski definition) is 3. The van der Waals surface area contributed by atoms with Gasteiger partial charge in [-0.15, -0.1) is 0 Å². The van der Waals surface area contributed by atoms with E-state index < -0.39 is 0 Å². The summed E-state index contributed by atoms with van der Waals surface area (Å²) in [7, 11) is 2.09. The summed E-state index contributed by atoms with van der Waals surface area (Å²) in [6.07, 6.45) is 0.937. The zero-order chi connectivity index (χ0) is 14.4. The van der Waals surface area contributed by atoms with Crippen LogP contribution in [0, 0.1) is 0 Å². The number of carbonyl (C=O) groups excluding carboxylic acids is 1. The first-order valence-electron chi connectivity index (χ1n) is 6.45.